The van der Waals surface area contributed by atoms with E-state index in [1.165, 1.54) is 0 Å². The molecule has 1 rings (SSSR count). The highest BCUT2D eigenvalue weighted by Crippen LogP contribution is 2.18. The third kappa shape index (κ3) is 2.67. The van der Waals surface area contributed by atoms with Gasteiger partial charge in [0.05, 0.1) is 0 Å². The first-order chi connectivity index (χ1) is 4.68. The van der Waals surface area contributed by atoms with Gasteiger partial charge in [-0.1, -0.05) is 12.2 Å². The fourth-order valence-corrected chi connectivity index (χ4v) is 0.780. The van der Waals surface area contributed by atoms with E-state index >= 15 is 0 Å². The summed E-state index contributed by atoms with van der Waals surface area (Å²) in [4.78, 5) is 10.9. The first-order valence-corrected chi connectivity index (χ1v) is 3.62. The van der Waals surface area contributed by atoms with Crippen molar-refractivity contribution in [2.45, 2.75) is 32.2 Å². The number of amides is 1. The quantitative estimate of drug-likeness (QED) is 0.585. The summed E-state index contributed by atoms with van der Waals surface area (Å²) < 4.78 is 0. The Morgan fingerprint density at radius 1 is 1.70 bits per heavy atom. The van der Waals surface area contributed by atoms with E-state index in [0.29, 0.717) is 12.5 Å². The zero-order chi connectivity index (χ0) is 7.56. The van der Waals surface area contributed by atoms with Crippen LogP contribution in [0.15, 0.2) is 12.2 Å². The Labute approximate surface area is 61.3 Å². The van der Waals surface area contributed by atoms with Crippen LogP contribution >= 0.6 is 0 Å². The molecule has 0 aromatic rings. The van der Waals surface area contributed by atoms with Gasteiger partial charge in [-0.3, -0.25) is 4.79 Å². The fourth-order valence-electron chi connectivity index (χ4n) is 0.780. The number of carbonyl (C=O) groups is 1. The number of hydrogen-bond acceptors (Lipinski definition) is 1. The van der Waals surface area contributed by atoms with Gasteiger partial charge in [-0.25, -0.2) is 0 Å². The molecular weight excluding hydrogens is 126 g/mol. The number of hydrogen-bond donors (Lipinski definition) is 1. The van der Waals surface area contributed by atoms with Gasteiger partial charge in [-0.15, -0.1) is 0 Å². The average molecular weight is 139 g/mol. The average Bonchev–Trinajstić information content (AvgIpc) is 2.46. The number of rotatable bonds is 3. The van der Waals surface area contributed by atoms with E-state index in [-0.39, 0.29) is 5.91 Å². The van der Waals surface area contributed by atoms with Gasteiger partial charge in [-0.2, -0.15) is 0 Å². The van der Waals surface area contributed by atoms with Crippen molar-refractivity contribution in [3.8, 4) is 0 Å². The zero-order valence-corrected chi connectivity index (χ0v) is 6.31. The maximum atomic E-state index is 10.9. The molecule has 0 aromatic carbocycles. The van der Waals surface area contributed by atoms with E-state index in [0.717, 1.165) is 18.4 Å². The standard InChI is InChI=1S/C8H13NO/c1-6(2)5-8(10)9-7-3-4-7/h7H,1,3-5H2,2H3,(H,9,10). The van der Waals surface area contributed by atoms with Crippen LogP contribution in [0, 0.1) is 0 Å². The summed E-state index contributed by atoms with van der Waals surface area (Å²) in [5, 5.41) is 2.89. The molecular formula is C8H13NO. The van der Waals surface area contributed by atoms with Crippen LogP contribution in [0.25, 0.3) is 0 Å². The van der Waals surface area contributed by atoms with Crippen molar-refractivity contribution in [3.05, 3.63) is 12.2 Å². The third-order valence-electron chi connectivity index (χ3n) is 1.40. The van der Waals surface area contributed by atoms with Crippen LogP contribution in [-0.2, 0) is 4.79 Å². The minimum absolute atomic E-state index is 0.120. The van der Waals surface area contributed by atoms with E-state index < -0.39 is 0 Å². The summed E-state index contributed by atoms with van der Waals surface area (Å²) in [5.41, 5.74) is 0.929. The lowest BCUT2D eigenvalue weighted by atomic mass is 10.2. The van der Waals surface area contributed by atoms with Crippen LogP contribution in [0.2, 0.25) is 0 Å². The molecule has 1 aliphatic rings. The highest BCUT2D eigenvalue weighted by atomic mass is 16.1. The van der Waals surface area contributed by atoms with E-state index in [1.807, 2.05) is 6.92 Å². The second kappa shape index (κ2) is 2.86. The molecule has 1 amide bonds. The van der Waals surface area contributed by atoms with Crippen molar-refractivity contribution in [2.75, 3.05) is 0 Å². The molecule has 0 heterocycles. The predicted octanol–water partition coefficient (Wildman–Crippen LogP) is 1.23. The maximum absolute atomic E-state index is 10.9. The van der Waals surface area contributed by atoms with Gasteiger partial charge < -0.3 is 5.32 Å². The smallest absolute Gasteiger partial charge is 0.224 e. The van der Waals surface area contributed by atoms with Crippen molar-refractivity contribution in [3.63, 3.8) is 0 Å². The highest BCUT2D eigenvalue weighted by Gasteiger charge is 2.22. The normalized spacial score (nSPS) is 16.5. The molecule has 0 aromatic heterocycles. The van der Waals surface area contributed by atoms with Crippen molar-refractivity contribution < 1.29 is 4.79 Å². The van der Waals surface area contributed by atoms with Gasteiger partial charge in [0.1, 0.15) is 0 Å². The van der Waals surface area contributed by atoms with Crippen molar-refractivity contribution in [1.82, 2.24) is 5.32 Å². The number of carbonyl (C=O) groups excluding carboxylic acids is 1. The summed E-state index contributed by atoms with van der Waals surface area (Å²) in [6, 6.07) is 0.479. The molecule has 0 radical (unpaired) electrons. The van der Waals surface area contributed by atoms with Crippen molar-refractivity contribution in [1.29, 1.82) is 0 Å². The Kier molecular flexibility index (Phi) is 2.10. The van der Waals surface area contributed by atoms with E-state index in [9.17, 15) is 4.79 Å². The third-order valence-corrected chi connectivity index (χ3v) is 1.40. The molecule has 0 saturated heterocycles. The molecule has 1 saturated carbocycles. The second-order valence-corrected chi connectivity index (χ2v) is 2.98. The molecule has 0 aliphatic heterocycles. The highest BCUT2D eigenvalue weighted by molar-refractivity contribution is 5.78. The van der Waals surface area contributed by atoms with Gasteiger partial charge in [0.2, 0.25) is 5.91 Å². The van der Waals surface area contributed by atoms with Crippen molar-refractivity contribution in [2.24, 2.45) is 0 Å². The zero-order valence-electron chi connectivity index (χ0n) is 6.31. The second-order valence-electron chi connectivity index (χ2n) is 2.98. The molecule has 1 aliphatic carbocycles. The van der Waals surface area contributed by atoms with Crippen LogP contribution in [0.4, 0.5) is 0 Å². The molecule has 2 heteroatoms. The van der Waals surface area contributed by atoms with Gasteiger partial charge >= 0.3 is 0 Å². The van der Waals surface area contributed by atoms with Gasteiger partial charge in [0.25, 0.3) is 0 Å². The Morgan fingerprint density at radius 3 is 2.70 bits per heavy atom. The van der Waals surface area contributed by atoms with Crippen LogP contribution in [0.3, 0.4) is 0 Å². The van der Waals surface area contributed by atoms with Gasteiger partial charge in [0.15, 0.2) is 0 Å². The minimum atomic E-state index is 0.120. The van der Waals surface area contributed by atoms with Crippen LogP contribution in [0.1, 0.15) is 26.2 Å². The first kappa shape index (κ1) is 7.32. The summed E-state index contributed by atoms with van der Waals surface area (Å²) in [5.74, 6) is 0.120. The number of nitrogens with one attached hydrogen (secondary N) is 1. The van der Waals surface area contributed by atoms with Crippen LogP contribution in [0.5, 0.6) is 0 Å². The molecule has 1 fully saturated rings. The first-order valence-electron chi connectivity index (χ1n) is 3.62. The Hall–Kier alpha value is -0.790. The molecule has 0 atom stereocenters. The van der Waals surface area contributed by atoms with Gasteiger partial charge in [-0.05, 0) is 19.8 Å². The SMILES string of the molecule is C=C(C)CC(=O)NC1CC1. The summed E-state index contributed by atoms with van der Waals surface area (Å²) >= 11 is 0. The molecule has 56 valence electrons. The van der Waals surface area contributed by atoms with E-state index in [2.05, 4.69) is 11.9 Å². The van der Waals surface area contributed by atoms with E-state index in [1.54, 1.807) is 0 Å². The largest absolute Gasteiger partial charge is 0.353 e. The van der Waals surface area contributed by atoms with Crippen LogP contribution < -0.4 is 5.32 Å². The fraction of sp³-hybridized carbons (Fsp3) is 0.625. The lowest BCUT2D eigenvalue weighted by Crippen LogP contribution is -2.24. The molecule has 0 unspecified atom stereocenters. The van der Waals surface area contributed by atoms with Gasteiger partial charge in [0, 0.05) is 12.5 Å². The molecule has 2 nitrogen and oxygen atoms in total. The van der Waals surface area contributed by atoms with E-state index in [4.69, 9.17) is 0 Å². The molecule has 0 spiro atoms. The monoisotopic (exact) mass is 139 g/mol. The molecule has 10 heavy (non-hydrogen) atoms. The Morgan fingerprint density at radius 2 is 2.30 bits per heavy atom. The summed E-state index contributed by atoms with van der Waals surface area (Å²) in [6.07, 6.45) is 2.79. The Bertz CT molecular complexity index is 159. The maximum Gasteiger partial charge on any atom is 0.224 e. The van der Waals surface area contributed by atoms with Crippen molar-refractivity contribution >= 4 is 5.91 Å². The predicted molar refractivity (Wildman–Crippen MR) is 40.6 cm³/mol. The van der Waals surface area contributed by atoms with Crippen LogP contribution in [-0.4, -0.2) is 11.9 Å². The summed E-state index contributed by atoms with van der Waals surface area (Å²) in [7, 11) is 0. The topological polar surface area (TPSA) is 29.1 Å². The Balaban J connectivity index is 2.14. The molecule has 0 bridgehead atoms. The lowest BCUT2D eigenvalue weighted by Gasteiger charge is -2.00. The summed E-state index contributed by atoms with van der Waals surface area (Å²) in [6.45, 7) is 5.53. The lowest BCUT2D eigenvalue weighted by molar-refractivity contribution is -0.120. The minimum Gasteiger partial charge on any atom is -0.353 e. The molecule has 1 N–H and O–H groups in total.